The van der Waals surface area contributed by atoms with Gasteiger partial charge in [0.15, 0.2) is 5.54 Å². The van der Waals surface area contributed by atoms with Gasteiger partial charge >= 0.3 is 12.1 Å². The van der Waals surface area contributed by atoms with Gasteiger partial charge in [0.1, 0.15) is 17.3 Å². The average molecular weight is 543 g/mol. The number of aliphatic carboxylic acids is 1. The van der Waals surface area contributed by atoms with E-state index in [1.165, 1.54) is 24.4 Å². The fraction of sp³-hybridized carbons (Fsp3) is 0.233. The summed E-state index contributed by atoms with van der Waals surface area (Å²) in [5.41, 5.74) is -1.22. The minimum absolute atomic E-state index is 0.00833. The number of hydrogen-bond donors (Lipinski definition) is 4. The third kappa shape index (κ3) is 6.35. The number of carboxylic acids is 1. The molecule has 3 amide bonds. The normalized spacial score (nSPS) is 17.8. The molecule has 10 heteroatoms. The lowest BCUT2D eigenvalue weighted by molar-refractivity contribution is -0.143. The number of alkyl carbamates (subject to hydrolysis) is 1. The summed E-state index contributed by atoms with van der Waals surface area (Å²) in [6, 6.07) is 19.8. The molecule has 2 atom stereocenters. The zero-order chi connectivity index (χ0) is 28.9. The highest BCUT2D eigenvalue weighted by Crippen LogP contribution is 2.31. The summed E-state index contributed by atoms with van der Waals surface area (Å²) in [5, 5.41) is 18.2. The molecule has 0 spiro atoms. The van der Waals surface area contributed by atoms with E-state index in [0.717, 1.165) is 5.56 Å². The molecule has 4 N–H and O–H groups in total. The number of nitrogens with zero attached hydrogens (tertiary/aromatic N) is 1. The van der Waals surface area contributed by atoms with Gasteiger partial charge in [-0.05, 0) is 44.0 Å². The number of benzene rings is 2. The van der Waals surface area contributed by atoms with E-state index in [1.54, 1.807) is 51.1 Å². The molecule has 1 aliphatic heterocycles. The van der Waals surface area contributed by atoms with Gasteiger partial charge in [0.05, 0.1) is 5.69 Å². The summed E-state index contributed by atoms with van der Waals surface area (Å²) < 4.78 is 5.35. The van der Waals surface area contributed by atoms with Gasteiger partial charge in [-0.15, -0.1) is 0 Å². The van der Waals surface area contributed by atoms with Gasteiger partial charge in [-0.1, -0.05) is 66.7 Å². The van der Waals surface area contributed by atoms with E-state index in [0.29, 0.717) is 12.1 Å². The van der Waals surface area contributed by atoms with E-state index >= 15 is 0 Å². The first-order valence-electron chi connectivity index (χ1n) is 12.6. The maximum absolute atomic E-state index is 12.8. The van der Waals surface area contributed by atoms with Crippen LogP contribution in [-0.2, 0) is 31.1 Å². The van der Waals surface area contributed by atoms with Crippen LogP contribution in [-0.4, -0.2) is 45.6 Å². The SMILES string of the molecule is CC(C)(C)OC(=O)NC(C(=O)O)(c1ccccc1)c1ccc(/C=C2\NC(=O)C(Cc3ccccc3)NC2=O)nc1. The Balaban J connectivity index is 1.60. The van der Waals surface area contributed by atoms with E-state index in [2.05, 4.69) is 20.9 Å². The molecule has 2 unspecified atom stereocenters. The van der Waals surface area contributed by atoms with Crippen LogP contribution in [0.15, 0.2) is 84.7 Å². The van der Waals surface area contributed by atoms with Gasteiger partial charge in [-0.2, -0.15) is 0 Å². The highest BCUT2D eigenvalue weighted by Gasteiger charge is 2.45. The summed E-state index contributed by atoms with van der Waals surface area (Å²) in [5.74, 6) is -2.18. The van der Waals surface area contributed by atoms with Crippen molar-refractivity contribution in [3.8, 4) is 0 Å². The smallest absolute Gasteiger partial charge is 0.409 e. The molecule has 40 heavy (non-hydrogen) atoms. The lowest BCUT2D eigenvalue weighted by Crippen LogP contribution is -2.55. The molecule has 10 nitrogen and oxygen atoms in total. The van der Waals surface area contributed by atoms with Gasteiger partial charge in [-0.3, -0.25) is 19.9 Å². The van der Waals surface area contributed by atoms with Crippen molar-refractivity contribution in [2.24, 2.45) is 0 Å². The highest BCUT2D eigenvalue weighted by molar-refractivity contribution is 6.07. The third-order valence-electron chi connectivity index (χ3n) is 6.13. The zero-order valence-corrected chi connectivity index (χ0v) is 22.3. The predicted octanol–water partition coefficient (Wildman–Crippen LogP) is 3.13. The van der Waals surface area contributed by atoms with E-state index in [1.807, 2.05) is 30.3 Å². The first-order chi connectivity index (χ1) is 19.0. The Morgan fingerprint density at radius 1 is 0.975 bits per heavy atom. The number of carboxylic acid groups (broad SMARTS) is 1. The van der Waals surface area contributed by atoms with Crippen LogP contribution in [0.25, 0.3) is 6.08 Å². The second-order valence-electron chi connectivity index (χ2n) is 10.3. The molecule has 0 aliphatic carbocycles. The highest BCUT2D eigenvalue weighted by atomic mass is 16.6. The molecule has 1 fully saturated rings. The van der Waals surface area contributed by atoms with Crippen LogP contribution in [0, 0.1) is 0 Å². The quantitative estimate of drug-likeness (QED) is 0.336. The number of ether oxygens (including phenoxy) is 1. The van der Waals surface area contributed by atoms with E-state index < -0.39 is 35.2 Å². The first-order valence-corrected chi connectivity index (χ1v) is 12.6. The Hall–Kier alpha value is -4.99. The predicted molar refractivity (Wildman–Crippen MR) is 147 cm³/mol. The van der Waals surface area contributed by atoms with Crippen molar-refractivity contribution in [2.45, 2.75) is 44.4 Å². The number of carbonyl (C=O) groups excluding carboxylic acids is 3. The van der Waals surface area contributed by atoms with Crippen LogP contribution in [0.2, 0.25) is 0 Å². The van der Waals surface area contributed by atoms with E-state index in [4.69, 9.17) is 4.74 Å². The molecule has 1 aromatic heterocycles. The molecule has 206 valence electrons. The molecule has 1 aliphatic rings. The summed E-state index contributed by atoms with van der Waals surface area (Å²) in [6.45, 7) is 5.02. The van der Waals surface area contributed by atoms with Crippen LogP contribution in [0.5, 0.6) is 0 Å². The Labute approximate surface area is 231 Å². The van der Waals surface area contributed by atoms with Crippen LogP contribution in [0.1, 0.15) is 43.2 Å². The lowest BCUT2D eigenvalue weighted by atomic mass is 9.83. The second kappa shape index (κ2) is 11.4. The van der Waals surface area contributed by atoms with Gasteiger partial charge in [-0.25, -0.2) is 9.59 Å². The van der Waals surface area contributed by atoms with E-state index in [9.17, 15) is 24.3 Å². The number of carbonyl (C=O) groups is 4. The van der Waals surface area contributed by atoms with Gasteiger partial charge < -0.3 is 20.5 Å². The van der Waals surface area contributed by atoms with Crippen molar-refractivity contribution in [2.75, 3.05) is 0 Å². The number of hydrogen-bond acceptors (Lipinski definition) is 6. The van der Waals surface area contributed by atoms with Crippen LogP contribution in [0.4, 0.5) is 4.79 Å². The maximum Gasteiger partial charge on any atom is 0.409 e. The summed E-state index contributed by atoms with van der Waals surface area (Å²) in [4.78, 5) is 55.2. The number of nitrogens with one attached hydrogen (secondary N) is 3. The fourth-order valence-electron chi connectivity index (χ4n) is 4.29. The maximum atomic E-state index is 12.8. The van der Waals surface area contributed by atoms with Crippen LogP contribution < -0.4 is 16.0 Å². The number of aromatic nitrogens is 1. The lowest BCUT2D eigenvalue weighted by Gasteiger charge is -2.32. The minimum atomic E-state index is -2.01. The van der Waals surface area contributed by atoms with Crippen molar-refractivity contribution < 1.29 is 29.0 Å². The molecule has 0 radical (unpaired) electrons. The standard InChI is InChI=1S/C30H30N4O6/c1-29(2,3)40-28(39)34-30(27(37)38,20-12-8-5-9-13-20)21-14-15-22(31-18-21)17-24-26(36)32-23(25(35)33-24)16-19-10-6-4-7-11-19/h4-15,17-18,23H,16H2,1-3H3,(H,32,36)(H,33,35)(H,34,39)(H,37,38)/b24-17-. The Morgan fingerprint density at radius 3 is 2.20 bits per heavy atom. The largest absolute Gasteiger partial charge is 0.479 e. The summed E-state index contributed by atoms with van der Waals surface area (Å²) in [6.07, 6.45) is 2.12. The number of amides is 3. The molecule has 2 aromatic carbocycles. The number of rotatable bonds is 7. The Bertz CT molecular complexity index is 1430. The molecular weight excluding hydrogens is 512 g/mol. The number of piperazine rings is 1. The van der Waals surface area contributed by atoms with Gasteiger partial charge in [0, 0.05) is 18.2 Å². The van der Waals surface area contributed by atoms with E-state index in [-0.39, 0.29) is 22.7 Å². The third-order valence-corrected chi connectivity index (χ3v) is 6.13. The number of pyridine rings is 1. The fourth-order valence-corrected chi connectivity index (χ4v) is 4.29. The van der Waals surface area contributed by atoms with Crippen molar-refractivity contribution in [3.63, 3.8) is 0 Å². The molecule has 3 aromatic rings. The van der Waals surface area contributed by atoms with Gasteiger partial charge in [0.2, 0.25) is 5.91 Å². The first kappa shape index (κ1) is 28.0. The molecule has 1 saturated heterocycles. The minimum Gasteiger partial charge on any atom is -0.479 e. The molecular formula is C30H30N4O6. The second-order valence-corrected chi connectivity index (χ2v) is 10.3. The van der Waals surface area contributed by atoms with Crippen molar-refractivity contribution in [1.82, 2.24) is 20.9 Å². The average Bonchev–Trinajstić information content (AvgIpc) is 2.90. The van der Waals surface area contributed by atoms with Crippen molar-refractivity contribution in [3.05, 3.63) is 107 Å². The summed E-state index contributed by atoms with van der Waals surface area (Å²) >= 11 is 0. The van der Waals surface area contributed by atoms with Crippen molar-refractivity contribution in [1.29, 1.82) is 0 Å². The molecule has 0 saturated carbocycles. The van der Waals surface area contributed by atoms with Crippen LogP contribution in [0.3, 0.4) is 0 Å². The Kier molecular flexibility index (Phi) is 7.99. The zero-order valence-electron chi connectivity index (χ0n) is 22.3. The van der Waals surface area contributed by atoms with Crippen LogP contribution >= 0.6 is 0 Å². The topological polar surface area (TPSA) is 147 Å². The Morgan fingerprint density at radius 2 is 1.62 bits per heavy atom. The van der Waals surface area contributed by atoms with Gasteiger partial charge in [0.25, 0.3) is 5.91 Å². The molecule has 0 bridgehead atoms. The molecule has 2 heterocycles. The monoisotopic (exact) mass is 542 g/mol. The summed E-state index contributed by atoms with van der Waals surface area (Å²) in [7, 11) is 0. The molecule has 4 rings (SSSR count). The van der Waals surface area contributed by atoms with Crippen molar-refractivity contribution >= 4 is 30.0 Å².